The summed E-state index contributed by atoms with van der Waals surface area (Å²) in [6.45, 7) is 11.0. The number of likely N-dealkylation sites (tertiary alicyclic amines) is 1. The minimum absolute atomic E-state index is 0.204. The second kappa shape index (κ2) is 8.57. The van der Waals surface area contributed by atoms with Gasteiger partial charge in [-0.1, -0.05) is 20.8 Å². The Hall–Kier alpha value is -1.34. The van der Waals surface area contributed by atoms with E-state index in [1.807, 2.05) is 32.7 Å². The molecule has 0 radical (unpaired) electrons. The Morgan fingerprint density at radius 3 is 2.54 bits per heavy atom. The van der Waals surface area contributed by atoms with E-state index in [0.717, 1.165) is 32.4 Å². The number of amides is 2. The third-order valence-corrected chi connectivity index (χ3v) is 5.89. The van der Waals surface area contributed by atoms with Crippen LogP contribution in [0.1, 0.15) is 40.0 Å². The Labute approximate surface area is 157 Å². The van der Waals surface area contributed by atoms with Gasteiger partial charge >= 0.3 is 6.09 Å². The minimum Gasteiger partial charge on any atom is -0.441 e. The number of hydrogen-bond donors (Lipinski definition) is 0. The summed E-state index contributed by atoms with van der Waals surface area (Å²) >= 11 is 0. The van der Waals surface area contributed by atoms with Crippen LogP contribution < -0.4 is 0 Å². The van der Waals surface area contributed by atoms with Crippen LogP contribution in [0.5, 0.6) is 0 Å². The van der Waals surface area contributed by atoms with Crippen LogP contribution in [0, 0.1) is 5.41 Å². The van der Waals surface area contributed by atoms with E-state index in [4.69, 9.17) is 9.47 Å². The summed E-state index contributed by atoms with van der Waals surface area (Å²) < 4.78 is 10.8. The van der Waals surface area contributed by atoms with Crippen molar-refractivity contribution in [1.29, 1.82) is 0 Å². The molecule has 1 spiro atoms. The first kappa shape index (κ1) is 21.0. The van der Waals surface area contributed by atoms with Crippen LogP contribution in [-0.4, -0.2) is 92.3 Å². The summed E-state index contributed by atoms with van der Waals surface area (Å²) in [6.07, 6.45) is 2.05. The fourth-order valence-corrected chi connectivity index (χ4v) is 3.47. The summed E-state index contributed by atoms with van der Waals surface area (Å²) in [5.41, 5.74) is -0.745. The summed E-state index contributed by atoms with van der Waals surface area (Å²) in [4.78, 5) is 30.8. The molecule has 2 saturated heterocycles. The van der Waals surface area contributed by atoms with Gasteiger partial charge in [0.25, 0.3) is 0 Å². The second-order valence-corrected chi connectivity index (χ2v) is 8.30. The average Bonchev–Trinajstić information content (AvgIpc) is 2.93. The van der Waals surface area contributed by atoms with Crippen molar-refractivity contribution in [3.05, 3.63) is 0 Å². The zero-order chi connectivity index (χ0) is 19.4. The van der Waals surface area contributed by atoms with E-state index in [2.05, 4.69) is 4.90 Å². The van der Waals surface area contributed by atoms with Gasteiger partial charge in [0.05, 0.1) is 13.2 Å². The summed E-state index contributed by atoms with van der Waals surface area (Å²) in [7, 11) is 3.71. The normalized spacial score (nSPS) is 20.2. The lowest BCUT2D eigenvalue weighted by Gasteiger charge is -2.40. The van der Waals surface area contributed by atoms with Gasteiger partial charge in [-0.25, -0.2) is 4.79 Å². The number of piperidine rings is 1. The number of carbonyl (C=O) groups is 2. The Morgan fingerprint density at radius 2 is 1.96 bits per heavy atom. The number of nitrogens with zero attached hydrogens (tertiary/aromatic N) is 3. The molecule has 0 aromatic carbocycles. The van der Waals surface area contributed by atoms with Gasteiger partial charge in [-0.05, 0) is 13.5 Å². The number of methoxy groups -OCH3 is 1. The van der Waals surface area contributed by atoms with Crippen LogP contribution >= 0.6 is 0 Å². The molecule has 0 aromatic rings. The number of rotatable bonds is 8. The number of carbonyl (C=O) groups excluding carboxylic acids is 2. The maximum Gasteiger partial charge on any atom is 0.410 e. The van der Waals surface area contributed by atoms with E-state index in [1.54, 1.807) is 12.0 Å². The highest BCUT2D eigenvalue weighted by atomic mass is 16.6. The molecule has 0 unspecified atom stereocenters. The summed E-state index contributed by atoms with van der Waals surface area (Å²) in [5.74, 6) is 0.204. The third kappa shape index (κ3) is 4.88. The van der Waals surface area contributed by atoms with Crippen molar-refractivity contribution in [1.82, 2.24) is 14.7 Å². The zero-order valence-electron chi connectivity index (χ0n) is 17.0. The largest absolute Gasteiger partial charge is 0.441 e. The molecular formula is C19H35N3O4. The molecule has 0 aromatic heterocycles. The number of hydrogen-bond acceptors (Lipinski definition) is 5. The quantitative estimate of drug-likeness (QED) is 0.653. The Bertz CT molecular complexity index is 501. The lowest BCUT2D eigenvalue weighted by molar-refractivity contribution is -0.144. The third-order valence-electron chi connectivity index (χ3n) is 5.89. The van der Waals surface area contributed by atoms with Crippen molar-refractivity contribution >= 4 is 12.0 Å². The molecule has 0 saturated carbocycles. The van der Waals surface area contributed by atoms with E-state index >= 15 is 0 Å². The molecule has 2 aliphatic rings. The molecule has 0 N–H and O–H groups in total. The van der Waals surface area contributed by atoms with Crippen molar-refractivity contribution in [2.24, 2.45) is 5.41 Å². The first-order valence-corrected chi connectivity index (χ1v) is 9.68. The molecule has 2 rings (SSSR count). The molecule has 150 valence electrons. The highest BCUT2D eigenvalue weighted by molar-refractivity contribution is 5.82. The molecular weight excluding hydrogens is 334 g/mol. The molecule has 0 atom stereocenters. The Balaban J connectivity index is 1.84. The van der Waals surface area contributed by atoms with E-state index in [1.165, 1.54) is 0 Å². The second-order valence-electron chi connectivity index (χ2n) is 8.30. The van der Waals surface area contributed by atoms with Gasteiger partial charge in [-0.15, -0.1) is 0 Å². The van der Waals surface area contributed by atoms with Crippen molar-refractivity contribution < 1.29 is 19.1 Å². The smallest absolute Gasteiger partial charge is 0.410 e. The fraction of sp³-hybridized carbons (Fsp3) is 0.895. The van der Waals surface area contributed by atoms with E-state index in [0.29, 0.717) is 32.8 Å². The van der Waals surface area contributed by atoms with Gasteiger partial charge in [-0.3, -0.25) is 4.79 Å². The first-order valence-electron chi connectivity index (χ1n) is 9.68. The monoisotopic (exact) mass is 369 g/mol. The lowest BCUT2D eigenvalue weighted by Crippen LogP contribution is -2.51. The summed E-state index contributed by atoms with van der Waals surface area (Å²) in [6, 6.07) is 0. The van der Waals surface area contributed by atoms with Crippen molar-refractivity contribution in [3.63, 3.8) is 0 Å². The van der Waals surface area contributed by atoms with Gasteiger partial charge in [-0.2, -0.15) is 0 Å². The summed E-state index contributed by atoms with van der Waals surface area (Å²) in [5, 5.41) is 0. The highest BCUT2D eigenvalue weighted by Gasteiger charge is 2.48. The molecule has 2 aliphatic heterocycles. The minimum atomic E-state index is -0.421. The van der Waals surface area contributed by atoms with Crippen molar-refractivity contribution in [2.45, 2.75) is 45.6 Å². The predicted molar refractivity (Wildman–Crippen MR) is 100 cm³/mol. The molecule has 7 nitrogen and oxygen atoms in total. The molecule has 2 amide bonds. The highest BCUT2D eigenvalue weighted by Crippen LogP contribution is 2.35. The molecule has 7 heteroatoms. The molecule has 26 heavy (non-hydrogen) atoms. The van der Waals surface area contributed by atoms with Crippen LogP contribution in [-0.2, 0) is 14.3 Å². The van der Waals surface area contributed by atoms with E-state index < -0.39 is 5.60 Å². The lowest BCUT2D eigenvalue weighted by atomic mass is 9.85. The van der Waals surface area contributed by atoms with Crippen molar-refractivity contribution in [2.75, 3.05) is 60.0 Å². The number of ether oxygens (including phenoxy) is 2. The van der Waals surface area contributed by atoms with Crippen LogP contribution in [0.4, 0.5) is 4.79 Å². The maximum atomic E-state index is 12.6. The molecule has 2 heterocycles. The van der Waals surface area contributed by atoms with Crippen LogP contribution in [0.15, 0.2) is 0 Å². The predicted octanol–water partition coefficient (Wildman–Crippen LogP) is 1.81. The topological polar surface area (TPSA) is 62.3 Å². The van der Waals surface area contributed by atoms with Gasteiger partial charge in [0, 0.05) is 58.1 Å². The van der Waals surface area contributed by atoms with E-state index in [-0.39, 0.29) is 17.4 Å². The fourth-order valence-electron chi connectivity index (χ4n) is 3.47. The standard InChI is InChI=1S/C19H35N3O4/c1-6-18(2,3)16(23)21-9-7-19(8-10-21)15-22(17(24)26-19)12-11-20(4)13-14-25-5/h6-15H2,1-5H3. The van der Waals surface area contributed by atoms with Crippen molar-refractivity contribution in [3.8, 4) is 0 Å². The molecule has 0 aliphatic carbocycles. The SMILES string of the molecule is CCC(C)(C)C(=O)N1CCC2(CC1)CN(CCN(C)CCOC)C(=O)O2. The zero-order valence-corrected chi connectivity index (χ0v) is 17.0. The van der Waals surface area contributed by atoms with Crippen LogP contribution in [0.2, 0.25) is 0 Å². The maximum absolute atomic E-state index is 12.6. The van der Waals surface area contributed by atoms with Gasteiger partial charge in [0.15, 0.2) is 0 Å². The Kier molecular flexibility index (Phi) is 6.91. The number of likely N-dealkylation sites (N-methyl/N-ethyl adjacent to an activating group) is 1. The molecule has 0 bridgehead atoms. The van der Waals surface area contributed by atoms with Crippen LogP contribution in [0.3, 0.4) is 0 Å². The van der Waals surface area contributed by atoms with Crippen LogP contribution in [0.25, 0.3) is 0 Å². The Morgan fingerprint density at radius 1 is 1.31 bits per heavy atom. The average molecular weight is 370 g/mol. The van der Waals surface area contributed by atoms with Gasteiger partial charge < -0.3 is 24.2 Å². The van der Waals surface area contributed by atoms with E-state index in [9.17, 15) is 9.59 Å². The first-order chi connectivity index (χ1) is 12.2. The van der Waals surface area contributed by atoms with Gasteiger partial charge in [0.2, 0.25) is 5.91 Å². The van der Waals surface area contributed by atoms with Gasteiger partial charge in [0.1, 0.15) is 5.60 Å². The molecule has 2 fully saturated rings.